The number of carbonyl (C=O) groups excluding carboxylic acids is 1. The van der Waals surface area contributed by atoms with E-state index in [-0.39, 0.29) is 17.3 Å². The van der Waals surface area contributed by atoms with Crippen LogP contribution in [0.2, 0.25) is 5.02 Å². The van der Waals surface area contributed by atoms with Crippen LogP contribution < -0.4 is 10.6 Å². The molecule has 0 heterocycles. The van der Waals surface area contributed by atoms with Crippen molar-refractivity contribution in [2.75, 3.05) is 25.4 Å². The lowest BCUT2D eigenvalue weighted by atomic mass is 10.4. The minimum absolute atomic E-state index is 0. The maximum atomic E-state index is 11.9. The second-order valence-corrected chi connectivity index (χ2v) is 6.34. The number of rotatable bonds is 7. The Labute approximate surface area is 130 Å². The van der Waals surface area contributed by atoms with Gasteiger partial charge in [-0.1, -0.05) is 18.5 Å². The Morgan fingerprint density at radius 2 is 1.80 bits per heavy atom. The molecule has 0 aliphatic rings. The molecule has 1 aromatic carbocycles. The molecule has 5 nitrogen and oxygen atoms in total. The van der Waals surface area contributed by atoms with Gasteiger partial charge in [-0.2, -0.15) is 0 Å². The van der Waals surface area contributed by atoms with Crippen molar-refractivity contribution in [3.63, 3.8) is 0 Å². The molecule has 0 fully saturated rings. The fourth-order valence-corrected chi connectivity index (χ4v) is 2.71. The highest BCUT2D eigenvalue weighted by molar-refractivity contribution is 7.92. The summed E-state index contributed by atoms with van der Waals surface area (Å²) in [6.45, 7) is 3.78. The molecular formula is C12H18Cl2N2O3S. The van der Waals surface area contributed by atoms with Crippen LogP contribution in [0, 0.1) is 0 Å². The minimum atomic E-state index is -3.61. The molecule has 0 bridgehead atoms. The molecule has 0 unspecified atom stereocenters. The highest BCUT2D eigenvalue weighted by atomic mass is 35.5. The Morgan fingerprint density at radius 1 is 1.20 bits per heavy atom. The molecule has 2 N–H and O–H groups in total. The summed E-state index contributed by atoms with van der Waals surface area (Å²) in [7, 11) is -3.61. The molecule has 0 spiro atoms. The number of benzene rings is 1. The molecule has 0 radical (unpaired) electrons. The van der Waals surface area contributed by atoms with Crippen molar-refractivity contribution < 1.29 is 13.2 Å². The Hall–Kier alpha value is -0.820. The van der Waals surface area contributed by atoms with E-state index in [1.165, 1.54) is 24.3 Å². The van der Waals surface area contributed by atoms with Gasteiger partial charge in [0.25, 0.3) is 0 Å². The third-order valence-electron chi connectivity index (χ3n) is 2.37. The van der Waals surface area contributed by atoms with E-state index in [0.29, 0.717) is 18.1 Å². The van der Waals surface area contributed by atoms with Gasteiger partial charge >= 0.3 is 0 Å². The van der Waals surface area contributed by atoms with Crippen LogP contribution in [0.1, 0.15) is 6.92 Å². The Bertz CT molecular complexity index is 518. The van der Waals surface area contributed by atoms with Gasteiger partial charge in [0.2, 0.25) is 5.91 Å². The summed E-state index contributed by atoms with van der Waals surface area (Å²) in [5.41, 5.74) is 0. The first-order valence-corrected chi connectivity index (χ1v) is 7.94. The normalized spacial score (nSPS) is 10.7. The van der Waals surface area contributed by atoms with E-state index >= 15 is 0 Å². The maximum Gasteiger partial charge on any atom is 0.235 e. The average Bonchev–Trinajstić information content (AvgIpc) is 2.34. The van der Waals surface area contributed by atoms with Gasteiger partial charge < -0.3 is 10.6 Å². The Morgan fingerprint density at radius 3 is 2.35 bits per heavy atom. The molecule has 0 aliphatic heterocycles. The fraction of sp³-hybridized carbons (Fsp3) is 0.417. The summed E-state index contributed by atoms with van der Waals surface area (Å²) >= 11 is 5.68. The molecule has 1 amide bonds. The van der Waals surface area contributed by atoms with Crippen molar-refractivity contribution in [3.8, 4) is 0 Å². The number of sulfone groups is 1. The smallest absolute Gasteiger partial charge is 0.235 e. The van der Waals surface area contributed by atoms with Crippen LogP contribution in [0.15, 0.2) is 29.2 Å². The van der Waals surface area contributed by atoms with Crippen LogP contribution >= 0.6 is 24.0 Å². The van der Waals surface area contributed by atoms with Gasteiger partial charge in [-0.3, -0.25) is 4.79 Å². The molecule has 0 saturated carbocycles. The van der Waals surface area contributed by atoms with Crippen molar-refractivity contribution in [1.29, 1.82) is 0 Å². The highest BCUT2D eigenvalue weighted by Gasteiger charge is 2.18. The largest absolute Gasteiger partial charge is 0.354 e. The van der Waals surface area contributed by atoms with Gasteiger partial charge in [0.1, 0.15) is 5.75 Å². The summed E-state index contributed by atoms with van der Waals surface area (Å²) in [5, 5.41) is 6.03. The summed E-state index contributed by atoms with van der Waals surface area (Å²) in [4.78, 5) is 11.6. The molecule has 0 aromatic heterocycles. The Balaban J connectivity index is 0.00000361. The van der Waals surface area contributed by atoms with E-state index in [0.717, 1.165) is 6.54 Å². The number of amides is 1. The van der Waals surface area contributed by atoms with E-state index in [4.69, 9.17) is 11.6 Å². The second-order valence-electron chi connectivity index (χ2n) is 3.92. The summed E-state index contributed by atoms with van der Waals surface area (Å²) in [6, 6.07) is 5.75. The minimum Gasteiger partial charge on any atom is -0.354 e. The summed E-state index contributed by atoms with van der Waals surface area (Å²) < 4.78 is 23.8. The van der Waals surface area contributed by atoms with Crippen molar-refractivity contribution in [1.82, 2.24) is 10.6 Å². The summed E-state index contributed by atoms with van der Waals surface area (Å²) in [5.74, 6) is -1.06. The Kier molecular flexibility index (Phi) is 8.80. The predicted octanol–water partition coefficient (Wildman–Crippen LogP) is 1.26. The first kappa shape index (κ1) is 19.2. The van der Waals surface area contributed by atoms with E-state index < -0.39 is 21.5 Å². The second kappa shape index (κ2) is 9.18. The van der Waals surface area contributed by atoms with Crippen molar-refractivity contribution in [2.24, 2.45) is 0 Å². The standard InChI is InChI=1S/C12H17ClN2O3S.ClH/c1-2-14-7-8-15-12(16)9-19(17,18)11-5-3-10(13)4-6-11;/h3-6,14H,2,7-9H2,1H3,(H,15,16);1H. The highest BCUT2D eigenvalue weighted by Crippen LogP contribution is 2.15. The first-order valence-electron chi connectivity index (χ1n) is 5.91. The SMILES string of the molecule is CCNCCNC(=O)CS(=O)(=O)c1ccc(Cl)cc1.Cl. The quantitative estimate of drug-likeness (QED) is 0.732. The van der Waals surface area contributed by atoms with Crippen LogP contribution in [0.4, 0.5) is 0 Å². The topological polar surface area (TPSA) is 75.3 Å². The van der Waals surface area contributed by atoms with Gasteiger partial charge in [0.15, 0.2) is 9.84 Å². The lowest BCUT2D eigenvalue weighted by Gasteiger charge is -2.07. The van der Waals surface area contributed by atoms with Crippen LogP contribution in [-0.2, 0) is 14.6 Å². The summed E-state index contributed by atoms with van der Waals surface area (Å²) in [6.07, 6.45) is 0. The third-order valence-corrected chi connectivity index (χ3v) is 4.25. The van der Waals surface area contributed by atoms with E-state index in [9.17, 15) is 13.2 Å². The molecule has 1 rings (SSSR count). The number of hydrogen-bond acceptors (Lipinski definition) is 4. The maximum absolute atomic E-state index is 11.9. The van der Waals surface area contributed by atoms with Gasteiger partial charge in [-0.15, -0.1) is 12.4 Å². The van der Waals surface area contributed by atoms with Gasteiger partial charge in [-0.05, 0) is 30.8 Å². The number of nitrogens with one attached hydrogen (secondary N) is 2. The molecule has 0 atom stereocenters. The first-order chi connectivity index (χ1) is 8.95. The molecular weight excluding hydrogens is 323 g/mol. The lowest BCUT2D eigenvalue weighted by Crippen LogP contribution is -2.35. The molecule has 1 aromatic rings. The van der Waals surface area contributed by atoms with Crippen LogP contribution in [0.3, 0.4) is 0 Å². The predicted molar refractivity (Wildman–Crippen MR) is 82.3 cm³/mol. The monoisotopic (exact) mass is 340 g/mol. The number of carbonyl (C=O) groups is 1. The average molecular weight is 341 g/mol. The van der Waals surface area contributed by atoms with Gasteiger partial charge in [0, 0.05) is 18.1 Å². The number of likely N-dealkylation sites (N-methyl/N-ethyl adjacent to an activating group) is 1. The van der Waals surface area contributed by atoms with Gasteiger partial charge in [-0.25, -0.2) is 8.42 Å². The third kappa shape index (κ3) is 6.56. The fourth-order valence-electron chi connectivity index (χ4n) is 1.42. The van der Waals surface area contributed by atoms with Gasteiger partial charge in [0.05, 0.1) is 4.90 Å². The lowest BCUT2D eigenvalue weighted by molar-refractivity contribution is -0.118. The molecule has 0 saturated heterocycles. The zero-order valence-electron chi connectivity index (χ0n) is 11.1. The van der Waals surface area contributed by atoms with E-state index in [1.54, 1.807) is 0 Å². The van der Waals surface area contributed by atoms with E-state index in [1.807, 2.05) is 6.92 Å². The molecule has 8 heteroatoms. The van der Waals surface area contributed by atoms with Crippen LogP contribution in [-0.4, -0.2) is 39.7 Å². The van der Waals surface area contributed by atoms with Crippen LogP contribution in [0.25, 0.3) is 0 Å². The molecule has 114 valence electrons. The number of halogens is 2. The molecule has 0 aliphatic carbocycles. The van der Waals surface area contributed by atoms with Crippen LogP contribution in [0.5, 0.6) is 0 Å². The zero-order chi connectivity index (χ0) is 14.3. The van der Waals surface area contributed by atoms with Crippen molar-refractivity contribution >= 4 is 39.8 Å². The zero-order valence-corrected chi connectivity index (χ0v) is 13.4. The van der Waals surface area contributed by atoms with Crippen molar-refractivity contribution in [3.05, 3.63) is 29.3 Å². The van der Waals surface area contributed by atoms with Crippen molar-refractivity contribution in [2.45, 2.75) is 11.8 Å². The van der Waals surface area contributed by atoms with E-state index in [2.05, 4.69) is 10.6 Å². The molecule has 20 heavy (non-hydrogen) atoms. The number of hydrogen-bond donors (Lipinski definition) is 2.